The molecule has 0 N–H and O–H groups in total. The van der Waals surface area contributed by atoms with E-state index >= 15 is 0 Å². The lowest BCUT2D eigenvalue weighted by atomic mass is 9.87. The lowest BCUT2D eigenvalue weighted by Crippen LogP contribution is -2.48. The van der Waals surface area contributed by atoms with Crippen molar-refractivity contribution in [2.24, 2.45) is 0 Å². The van der Waals surface area contributed by atoms with Crippen molar-refractivity contribution in [1.82, 2.24) is 4.90 Å². The van der Waals surface area contributed by atoms with Gasteiger partial charge in [-0.15, -0.1) is 0 Å². The highest BCUT2D eigenvalue weighted by molar-refractivity contribution is 5.88. The van der Waals surface area contributed by atoms with Crippen LogP contribution in [0.4, 0.5) is 0 Å². The molecule has 0 amide bonds. The van der Waals surface area contributed by atoms with E-state index in [9.17, 15) is 4.79 Å². The zero-order valence-corrected chi connectivity index (χ0v) is 12.2. The van der Waals surface area contributed by atoms with Gasteiger partial charge in [0.25, 0.3) is 0 Å². The normalized spacial score (nSPS) is 17.8. The van der Waals surface area contributed by atoms with E-state index in [0.717, 1.165) is 25.7 Å². The Kier molecular flexibility index (Phi) is 4.76. The Labute approximate surface area is 116 Å². The van der Waals surface area contributed by atoms with Gasteiger partial charge in [-0.25, -0.2) is 0 Å². The second kappa shape index (κ2) is 6.33. The van der Waals surface area contributed by atoms with Gasteiger partial charge in [-0.05, 0) is 45.3 Å². The summed E-state index contributed by atoms with van der Waals surface area (Å²) in [4.78, 5) is 14.7. The summed E-state index contributed by atoms with van der Waals surface area (Å²) in [7, 11) is 4.11. The zero-order valence-electron chi connectivity index (χ0n) is 12.2. The van der Waals surface area contributed by atoms with Gasteiger partial charge < -0.3 is 0 Å². The number of aryl methyl sites for hydroxylation is 1. The minimum Gasteiger partial charge on any atom is -0.298 e. The minimum atomic E-state index is -0.156. The van der Waals surface area contributed by atoms with Crippen LogP contribution in [0.25, 0.3) is 0 Å². The standard InChI is InChI=1S/C17H25NO/c1-18(2)17(13-6-7-14-17)16(19)12-8-11-15-9-4-3-5-10-15/h3-5,9-10H,6-8,11-14H2,1-2H3. The lowest BCUT2D eigenvalue weighted by Gasteiger charge is -2.34. The highest BCUT2D eigenvalue weighted by atomic mass is 16.1. The molecule has 1 aliphatic carbocycles. The van der Waals surface area contributed by atoms with Crippen LogP contribution >= 0.6 is 0 Å². The largest absolute Gasteiger partial charge is 0.298 e. The first-order chi connectivity index (χ1) is 9.15. The van der Waals surface area contributed by atoms with Crippen LogP contribution < -0.4 is 0 Å². The van der Waals surface area contributed by atoms with Crippen molar-refractivity contribution in [2.45, 2.75) is 50.5 Å². The summed E-state index contributed by atoms with van der Waals surface area (Å²) in [5, 5.41) is 0. The van der Waals surface area contributed by atoms with Crippen molar-refractivity contribution >= 4 is 5.78 Å². The number of hydrogen-bond donors (Lipinski definition) is 0. The molecule has 1 aromatic carbocycles. The first-order valence-corrected chi connectivity index (χ1v) is 7.40. The van der Waals surface area contributed by atoms with E-state index in [1.54, 1.807) is 0 Å². The molecule has 0 unspecified atom stereocenters. The van der Waals surface area contributed by atoms with E-state index in [1.807, 2.05) is 6.07 Å². The molecule has 104 valence electrons. The van der Waals surface area contributed by atoms with Crippen LogP contribution in [0.3, 0.4) is 0 Å². The van der Waals surface area contributed by atoms with E-state index in [1.165, 1.54) is 18.4 Å². The minimum absolute atomic E-state index is 0.156. The molecule has 1 aliphatic rings. The summed E-state index contributed by atoms with van der Waals surface area (Å²) < 4.78 is 0. The number of carbonyl (C=O) groups excluding carboxylic acids is 1. The molecule has 1 saturated carbocycles. The summed E-state index contributed by atoms with van der Waals surface area (Å²) in [6, 6.07) is 10.4. The smallest absolute Gasteiger partial charge is 0.153 e. The van der Waals surface area contributed by atoms with Gasteiger partial charge in [0.1, 0.15) is 0 Å². The quantitative estimate of drug-likeness (QED) is 0.780. The Morgan fingerprint density at radius 3 is 2.37 bits per heavy atom. The van der Waals surface area contributed by atoms with Crippen LogP contribution in [-0.2, 0) is 11.2 Å². The number of rotatable bonds is 6. The number of hydrogen-bond acceptors (Lipinski definition) is 2. The van der Waals surface area contributed by atoms with E-state index in [-0.39, 0.29) is 5.54 Å². The number of Topliss-reactive ketones (excluding diaryl/α,β-unsaturated/α-hetero) is 1. The number of benzene rings is 1. The maximum Gasteiger partial charge on any atom is 0.153 e. The Morgan fingerprint density at radius 1 is 1.16 bits per heavy atom. The van der Waals surface area contributed by atoms with Gasteiger partial charge in [-0.3, -0.25) is 9.69 Å². The predicted octanol–water partition coefficient (Wildman–Crippen LogP) is 3.45. The third kappa shape index (κ3) is 3.24. The molecule has 0 heterocycles. The molecule has 2 nitrogen and oxygen atoms in total. The van der Waals surface area contributed by atoms with Crippen molar-refractivity contribution in [3.05, 3.63) is 35.9 Å². The molecule has 0 atom stereocenters. The Hall–Kier alpha value is -1.15. The van der Waals surface area contributed by atoms with Gasteiger partial charge in [-0.1, -0.05) is 43.2 Å². The topological polar surface area (TPSA) is 20.3 Å². The van der Waals surface area contributed by atoms with Gasteiger partial charge >= 0.3 is 0 Å². The van der Waals surface area contributed by atoms with Crippen molar-refractivity contribution in [3.63, 3.8) is 0 Å². The Bertz CT molecular complexity index is 405. The molecule has 2 heteroatoms. The van der Waals surface area contributed by atoms with Gasteiger partial charge in [0, 0.05) is 6.42 Å². The predicted molar refractivity (Wildman–Crippen MR) is 79.3 cm³/mol. The monoisotopic (exact) mass is 259 g/mol. The van der Waals surface area contributed by atoms with Crippen LogP contribution in [0.15, 0.2) is 30.3 Å². The zero-order chi connectivity index (χ0) is 13.7. The SMILES string of the molecule is CN(C)C1(C(=O)CCCc2ccccc2)CCCC1. The van der Waals surface area contributed by atoms with Crippen molar-refractivity contribution in [3.8, 4) is 0 Å². The average Bonchev–Trinajstić information content (AvgIpc) is 2.90. The molecule has 0 aromatic heterocycles. The molecular weight excluding hydrogens is 234 g/mol. The summed E-state index contributed by atoms with van der Waals surface area (Å²) in [5.74, 6) is 0.450. The first-order valence-electron chi connectivity index (χ1n) is 7.40. The average molecular weight is 259 g/mol. The van der Waals surface area contributed by atoms with Gasteiger partial charge in [0.2, 0.25) is 0 Å². The van der Waals surface area contributed by atoms with Gasteiger partial charge in [0.05, 0.1) is 5.54 Å². The Morgan fingerprint density at radius 2 is 1.79 bits per heavy atom. The number of ketones is 1. The lowest BCUT2D eigenvalue weighted by molar-refractivity contribution is -0.129. The second-order valence-corrected chi connectivity index (χ2v) is 5.90. The molecule has 1 aromatic rings. The maximum absolute atomic E-state index is 12.6. The highest BCUT2D eigenvalue weighted by Gasteiger charge is 2.41. The number of nitrogens with zero attached hydrogens (tertiary/aromatic N) is 1. The van der Waals surface area contributed by atoms with Crippen LogP contribution in [0, 0.1) is 0 Å². The third-order valence-corrected chi connectivity index (χ3v) is 4.52. The van der Waals surface area contributed by atoms with Crippen molar-refractivity contribution < 1.29 is 4.79 Å². The number of carbonyl (C=O) groups is 1. The second-order valence-electron chi connectivity index (χ2n) is 5.90. The fourth-order valence-electron chi connectivity index (χ4n) is 3.27. The molecular formula is C17H25NO. The molecule has 2 rings (SSSR count). The maximum atomic E-state index is 12.6. The Balaban J connectivity index is 1.87. The molecule has 0 aliphatic heterocycles. The van der Waals surface area contributed by atoms with Crippen molar-refractivity contribution in [2.75, 3.05) is 14.1 Å². The molecule has 0 radical (unpaired) electrons. The van der Waals surface area contributed by atoms with E-state index in [0.29, 0.717) is 12.2 Å². The number of likely N-dealkylation sites (N-methyl/N-ethyl adjacent to an activating group) is 1. The van der Waals surface area contributed by atoms with Gasteiger partial charge in [-0.2, -0.15) is 0 Å². The van der Waals surface area contributed by atoms with Crippen LogP contribution in [0.2, 0.25) is 0 Å². The molecule has 19 heavy (non-hydrogen) atoms. The van der Waals surface area contributed by atoms with E-state index in [2.05, 4.69) is 43.3 Å². The molecule has 0 spiro atoms. The van der Waals surface area contributed by atoms with Crippen LogP contribution in [0.1, 0.15) is 44.1 Å². The van der Waals surface area contributed by atoms with Gasteiger partial charge in [0.15, 0.2) is 5.78 Å². The summed E-state index contributed by atoms with van der Waals surface area (Å²) in [6.07, 6.45) is 7.18. The summed E-state index contributed by atoms with van der Waals surface area (Å²) >= 11 is 0. The van der Waals surface area contributed by atoms with Crippen LogP contribution in [-0.4, -0.2) is 30.3 Å². The molecule has 0 saturated heterocycles. The fraction of sp³-hybridized carbons (Fsp3) is 0.588. The van der Waals surface area contributed by atoms with Crippen LogP contribution in [0.5, 0.6) is 0 Å². The third-order valence-electron chi connectivity index (χ3n) is 4.52. The highest BCUT2D eigenvalue weighted by Crippen LogP contribution is 2.35. The van der Waals surface area contributed by atoms with E-state index in [4.69, 9.17) is 0 Å². The summed E-state index contributed by atoms with van der Waals surface area (Å²) in [5.41, 5.74) is 1.18. The summed E-state index contributed by atoms with van der Waals surface area (Å²) in [6.45, 7) is 0. The first kappa shape index (κ1) is 14.3. The van der Waals surface area contributed by atoms with E-state index < -0.39 is 0 Å². The molecule has 0 bridgehead atoms. The van der Waals surface area contributed by atoms with Crippen molar-refractivity contribution in [1.29, 1.82) is 0 Å². The fourth-order valence-corrected chi connectivity index (χ4v) is 3.27. The molecule has 1 fully saturated rings.